The highest BCUT2D eigenvalue weighted by Gasteiger charge is 2.58. The molecule has 2 fully saturated rings. The molecule has 1 aromatic rings. The Bertz CT molecular complexity index is 661. The van der Waals surface area contributed by atoms with Crippen molar-refractivity contribution in [2.75, 3.05) is 32.7 Å². The summed E-state index contributed by atoms with van der Waals surface area (Å²) in [5.41, 5.74) is 0.0395. The number of amides is 1. The summed E-state index contributed by atoms with van der Waals surface area (Å²) in [6.07, 6.45) is 2.07. The summed E-state index contributed by atoms with van der Waals surface area (Å²) in [6, 6.07) is 7.18. The molecule has 0 radical (unpaired) electrons. The minimum atomic E-state index is -0.849. The quantitative estimate of drug-likeness (QED) is 0.826. The van der Waals surface area contributed by atoms with Crippen LogP contribution in [0.4, 0.5) is 0 Å². The molecule has 2 aliphatic rings. The number of carbonyl (C=O) groups is 2. The number of rotatable bonds is 5. The Balaban J connectivity index is 1.69. The third-order valence-electron chi connectivity index (χ3n) is 5.11. The molecule has 2 saturated heterocycles. The number of hydrogen-bond acceptors (Lipinski definition) is 3. The molecule has 0 unspecified atom stereocenters. The van der Waals surface area contributed by atoms with Crippen LogP contribution in [0.1, 0.15) is 5.56 Å². The lowest BCUT2D eigenvalue weighted by Gasteiger charge is -2.25. The van der Waals surface area contributed by atoms with Crippen LogP contribution in [-0.4, -0.2) is 59.5 Å². The van der Waals surface area contributed by atoms with Gasteiger partial charge in [-0.1, -0.05) is 29.8 Å². The van der Waals surface area contributed by atoms with Crippen molar-refractivity contribution in [1.82, 2.24) is 9.80 Å². The summed E-state index contributed by atoms with van der Waals surface area (Å²) in [6.45, 7) is 6.37. The topological polar surface area (TPSA) is 60.9 Å². The predicted octanol–water partition coefficient (Wildman–Crippen LogP) is 1.91. The lowest BCUT2D eigenvalue weighted by molar-refractivity contribution is -0.149. The monoisotopic (exact) mass is 348 g/mol. The average molecular weight is 349 g/mol. The fourth-order valence-corrected chi connectivity index (χ4v) is 4.00. The largest absolute Gasteiger partial charge is 0.481 e. The van der Waals surface area contributed by atoms with E-state index in [-0.39, 0.29) is 24.8 Å². The van der Waals surface area contributed by atoms with E-state index in [0.29, 0.717) is 31.2 Å². The molecular weight excluding hydrogens is 328 g/mol. The molecule has 0 spiro atoms. The zero-order chi connectivity index (χ0) is 17.3. The average Bonchev–Trinajstić information content (AvgIpc) is 3.05. The van der Waals surface area contributed by atoms with E-state index >= 15 is 0 Å². The van der Waals surface area contributed by atoms with Crippen molar-refractivity contribution in [3.8, 4) is 0 Å². The van der Waals surface area contributed by atoms with Gasteiger partial charge in [-0.25, -0.2) is 0 Å². The highest BCUT2D eigenvalue weighted by Crippen LogP contribution is 2.42. The SMILES string of the molecule is C=CCN1C[C@H]2CN(C(=O)Cc3ccc(Cl)cc3)C[C@@]2(C(=O)O)C1. The van der Waals surface area contributed by atoms with Crippen molar-refractivity contribution in [3.63, 3.8) is 0 Å². The van der Waals surface area contributed by atoms with Gasteiger partial charge in [0.05, 0.1) is 6.42 Å². The molecule has 24 heavy (non-hydrogen) atoms. The van der Waals surface area contributed by atoms with Gasteiger partial charge in [-0.05, 0) is 17.7 Å². The zero-order valence-corrected chi connectivity index (χ0v) is 14.2. The van der Waals surface area contributed by atoms with Crippen molar-refractivity contribution in [3.05, 3.63) is 47.5 Å². The van der Waals surface area contributed by atoms with Crippen molar-refractivity contribution >= 4 is 23.5 Å². The molecule has 3 rings (SSSR count). The third-order valence-corrected chi connectivity index (χ3v) is 5.37. The van der Waals surface area contributed by atoms with Crippen LogP contribution >= 0.6 is 11.6 Å². The van der Waals surface area contributed by atoms with Gasteiger partial charge < -0.3 is 10.0 Å². The van der Waals surface area contributed by atoms with Crippen LogP contribution in [0, 0.1) is 11.3 Å². The summed E-state index contributed by atoms with van der Waals surface area (Å²) >= 11 is 5.86. The molecule has 0 aromatic heterocycles. The number of carbonyl (C=O) groups excluding carboxylic acids is 1. The molecule has 1 amide bonds. The summed E-state index contributed by atoms with van der Waals surface area (Å²) in [5, 5.41) is 10.4. The Morgan fingerprint density at radius 1 is 1.29 bits per heavy atom. The van der Waals surface area contributed by atoms with Gasteiger partial charge in [0, 0.05) is 43.7 Å². The van der Waals surface area contributed by atoms with Crippen LogP contribution < -0.4 is 0 Å². The number of nitrogens with zero attached hydrogens (tertiary/aromatic N) is 2. The van der Waals surface area contributed by atoms with Crippen molar-refractivity contribution < 1.29 is 14.7 Å². The number of carboxylic acids is 1. The minimum absolute atomic E-state index is 0.0240. The number of halogens is 1. The van der Waals surface area contributed by atoms with Crippen LogP contribution in [0.3, 0.4) is 0 Å². The standard InChI is InChI=1S/C18H21ClN2O3/c1-2-7-20-9-14-10-21(12-18(14,11-20)17(23)24)16(22)8-13-3-5-15(19)6-4-13/h2-6,14H,1,7-12H2,(H,23,24)/t14-,18-/m0/s1. The Morgan fingerprint density at radius 2 is 2.00 bits per heavy atom. The maximum atomic E-state index is 12.6. The van der Waals surface area contributed by atoms with Crippen molar-refractivity contribution in [2.45, 2.75) is 6.42 Å². The van der Waals surface area contributed by atoms with Gasteiger partial charge in [0.15, 0.2) is 0 Å². The summed E-state index contributed by atoms with van der Waals surface area (Å²) in [4.78, 5) is 28.3. The maximum absolute atomic E-state index is 12.6. The highest BCUT2D eigenvalue weighted by molar-refractivity contribution is 6.30. The van der Waals surface area contributed by atoms with Gasteiger partial charge in [-0.15, -0.1) is 6.58 Å². The van der Waals surface area contributed by atoms with E-state index in [0.717, 1.165) is 5.56 Å². The van der Waals surface area contributed by atoms with Crippen LogP contribution in [0.5, 0.6) is 0 Å². The van der Waals surface area contributed by atoms with Crippen LogP contribution in [-0.2, 0) is 16.0 Å². The van der Waals surface area contributed by atoms with Gasteiger partial charge in [0.25, 0.3) is 0 Å². The maximum Gasteiger partial charge on any atom is 0.313 e. The summed E-state index contributed by atoms with van der Waals surface area (Å²) < 4.78 is 0. The normalized spacial score (nSPS) is 26.4. The van der Waals surface area contributed by atoms with Crippen LogP contribution in [0.15, 0.2) is 36.9 Å². The van der Waals surface area contributed by atoms with E-state index < -0.39 is 11.4 Å². The first-order chi connectivity index (χ1) is 11.4. The number of likely N-dealkylation sites (tertiary alicyclic amines) is 2. The molecule has 6 heteroatoms. The summed E-state index contributed by atoms with van der Waals surface area (Å²) in [5.74, 6) is -0.854. The first-order valence-corrected chi connectivity index (χ1v) is 8.41. The van der Waals surface area contributed by atoms with Gasteiger partial charge in [0.2, 0.25) is 5.91 Å². The van der Waals surface area contributed by atoms with Gasteiger partial charge in [-0.3, -0.25) is 14.5 Å². The van der Waals surface area contributed by atoms with Crippen LogP contribution in [0.2, 0.25) is 5.02 Å². The molecule has 5 nitrogen and oxygen atoms in total. The summed E-state index contributed by atoms with van der Waals surface area (Å²) in [7, 11) is 0. The number of carboxylic acid groups (broad SMARTS) is 1. The van der Waals surface area contributed by atoms with Crippen molar-refractivity contribution in [1.29, 1.82) is 0 Å². The molecule has 1 aromatic carbocycles. The number of benzene rings is 1. The predicted molar refractivity (Wildman–Crippen MR) is 91.9 cm³/mol. The first kappa shape index (κ1) is 17.0. The molecule has 1 N–H and O–H groups in total. The fraction of sp³-hybridized carbons (Fsp3) is 0.444. The molecule has 2 heterocycles. The Hall–Kier alpha value is -1.85. The lowest BCUT2D eigenvalue weighted by atomic mass is 9.81. The second kappa shape index (κ2) is 6.57. The molecule has 0 bridgehead atoms. The molecule has 2 aliphatic heterocycles. The third kappa shape index (κ3) is 3.06. The van der Waals surface area contributed by atoms with E-state index in [1.165, 1.54) is 0 Å². The number of aliphatic carboxylic acids is 1. The van der Waals surface area contributed by atoms with E-state index in [1.807, 2.05) is 12.1 Å². The van der Waals surface area contributed by atoms with E-state index in [1.54, 1.807) is 23.1 Å². The van der Waals surface area contributed by atoms with Crippen LogP contribution in [0.25, 0.3) is 0 Å². The Kier molecular flexibility index (Phi) is 4.65. The Labute approximate surface area is 146 Å². The fourth-order valence-electron chi connectivity index (χ4n) is 3.87. The first-order valence-electron chi connectivity index (χ1n) is 8.03. The lowest BCUT2D eigenvalue weighted by Crippen LogP contribution is -2.42. The second-order valence-corrected chi connectivity index (χ2v) is 7.15. The number of fused-ring (bicyclic) bond motifs is 1. The molecule has 2 atom stereocenters. The van der Waals surface area contributed by atoms with Gasteiger partial charge in [-0.2, -0.15) is 0 Å². The molecular formula is C18H21ClN2O3. The molecule has 128 valence electrons. The smallest absolute Gasteiger partial charge is 0.313 e. The second-order valence-electron chi connectivity index (χ2n) is 6.72. The minimum Gasteiger partial charge on any atom is -0.481 e. The van der Waals surface area contributed by atoms with E-state index in [9.17, 15) is 14.7 Å². The molecule has 0 aliphatic carbocycles. The van der Waals surface area contributed by atoms with E-state index in [4.69, 9.17) is 11.6 Å². The molecule has 0 saturated carbocycles. The van der Waals surface area contributed by atoms with E-state index in [2.05, 4.69) is 11.5 Å². The van der Waals surface area contributed by atoms with Gasteiger partial charge in [0.1, 0.15) is 5.41 Å². The van der Waals surface area contributed by atoms with Gasteiger partial charge >= 0.3 is 5.97 Å². The zero-order valence-electron chi connectivity index (χ0n) is 13.4. The van der Waals surface area contributed by atoms with Crippen molar-refractivity contribution in [2.24, 2.45) is 11.3 Å². The highest BCUT2D eigenvalue weighted by atomic mass is 35.5. The Morgan fingerprint density at radius 3 is 2.58 bits per heavy atom. The number of hydrogen-bond donors (Lipinski definition) is 1.